The van der Waals surface area contributed by atoms with E-state index in [-0.39, 0.29) is 51.6 Å². The molecule has 1 aliphatic carbocycles. The van der Waals surface area contributed by atoms with Gasteiger partial charge in [0.05, 0.1) is 69.8 Å². The first-order valence-corrected chi connectivity index (χ1v) is 18.6. The Kier molecular flexibility index (Phi) is 9.80. The first-order valence-electron chi connectivity index (χ1n) is 16.4. The SMILES string of the molecule is Cn1nc(NS(C)(=O)=O)c2c(Cl)ccc(-c3c(C(Cc4cc(F)cc(F)c4)NC(=O)Cn4nc(C(F)F)c([C@H]5C[C@H]5CF)c4CF)ncc4[nH]cnc34)c21. The number of aromatic amines is 1. The predicted molar refractivity (Wildman–Crippen MR) is 187 cm³/mol. The van der Waals surface area contributed by atoms with E-state index in [1.165, 1.54) is 23.3 Å². The Labute approximate surface area is 308 Å². The number of sulfonamides is 1. The number of nitrogens with zero attached hydrogens (tertiary/aromatic N) is 6. The molecule has 0 spiro atoms. The first-order chi connectivity index (χ1) is 25.7. The van der Waals surface area contributed by atoms with Crippen LogP contribution in [0.2, 0.25) is 5.02 Å². The average molecular weight is 794 g/mol. The Morgan fingerprint density at radius 1 is 1.09 bits per heavy atom. The number of aromatic nitrogens is 7. The minimum absolute atomic E-state index is 0.0693. The number of hydrogen-bond acceptors (Lipinski definition) is 7. The third kappa shape index (κ3) is 7.08. The van der Waals surface area contributed by atoms with Gasteiger partial charge in [-0.3, -0.25) is 28.3 Å². The van der Waals surface area contributed by atoms with Gasteiger partial charge in [-0.2, -0.15) is 10.2 Å². The summed E-state index contributed by atoms with van der Waals surface area (Å²) in [6.45, 7) is -2.77. The molecule has 7 rings (SSSR count). The monoisotopic (exact) mass is 793 g/mol. The maximum atomic E-state index is 14.5. The molecule has 3 N–H and O–H groups in total. The van der Waals surface area contributed by atoms with E-state index in [1.807, 2.05) is 0 Å². The zero-order valence-electron chi connectivity index (χ0n) is 28.3. The van der Waals surface area contributed by atoms with Crippen molar-refractivity contribution in [2.45, 2.75) is 44.4 Å². The molecule has 1 saturated carbocycles. The van der Waals surface area contributed by atoms with Crippen LogP contribution in [0.5, 0.6) is 0 Å². The van der Waals surface area contributed by atoms with Crippen molar-refractivity contribution in [3.8, 4) is 11.1 Å². The Morgan fingerprint density at radius 2 is 1.83 bits per heavy atom. The van der Waals surface area contributed by atoms with Gasteiger partial charge in [-0.25, -0.2) is 35.4 Å². The van der Waals surface area contributed by atoms with Crippen molar-refractivity contribution in [1.29, 1.82) is 0 Å². The fourth-order valence-corrected chi connectivity index (χ4v) is 7.71. The summed E-state index contributed by atoms with van der Waals surface area (Å²) in [5.41, 5.74) is 0.875. The van der Waals surface area contributed by atoms with Crippen LogP contribution >= 0.6 is 11.6 Å². The largest absolute Gasteiger partial charge is 0.346 e. The van der Waals surface area contributed by atoms with Gasteiger partial charge in [0, 0.05) is 29.8 Å². The third-order valence-corrected chi connectivity index (χ3v) is 10.1. The molecule has 1 aliphatic rings. The highest BCUT2D eigenvalue weighted by Gasteiger charge is 2.44. The molecule has 0 bridgehead atoms. The molecular formula is C34H30ClF6N9O3S. The van der Waals surface area contributed by atoms with Crippen LogP contribution in [-0.2, 0) is 41.5 Å². The van der Waals surface area contributed by atoms with E-state index in [0.717, 1.165) is 23.1 Å². The Morgan fingerprint density at radius 3 is 2.48 bits per heavy atom. The molecule has 4 heterocycles. The number of benzene rings is 2. The van der Waals surface area contributed by atoms with E-state index in [1.54, 1.807) is 13.1 Å². The van der Waals surface area contributed by atoms with Gasteiger partial charge in [-0.15, -0.1) is 0 Å². The molecule has 54 heavy (non-hydrogen) atoms. The number of halogens is 7. The Balaban J connectivity index is 1.36. The number of carbonyl (C=O) groups excluding carboxylic acids is 1. The molecule has 1 unspecified atom stereocenters. The lowest BCUT2D eigenvalue weighted by molar-refractivity contribution is -0.122. The summed E-state index contributed by atoms with van der Waals surface area (Å²) in [6, 6.07) is 4.70. The van der Waals surface area contributed by atoms with Crippen molar-refractivity contribution in [3.63, 3.8) is 0 Å². The molecular weight excluding hydrogens is 764 g/mol. The van der Waals surface area contributed by atoms with Gasteiger partial charge in [0.25, 0.3) is 6.43 Å². The number of rotatable bonds is 13. The Bertz CT molecular complexity index is 2520. The second-order valence-electron chi connectivity index (χ2n) is 13.0. The van der Waals surface area contributed by atoms with Crippen LogP contribution < -0.4 is 10.0 Å². The number of pyridine rings is 1. The van der Waals surface area contributed by atoms with E-state index >= 15 is 0 Å². The van der Waals surface area contributed by atoms with Crippen LogP contribution in [0.4, 0.5) is 32.2 Å². The summed E-state index contributed by atoms with van der Waals surface area (Å²) < 4.78 is 114. The third-order valence-electron chi connectivity index (χ3n) is 9.26. The zero-order valence-corrected chi connectivity index (χ0v) is 29.9. The first kappa shape index (κ1) is 37.2. The van der Waals surface area contributed by atoms with Crippen molar-refractivity contribution in [2.24, 2.45) is 13.0 Å². The second-order valence-corrected chi connectivity index (χ2v) is 15.2. The van der Waals surface area contributed by atoms with Crippen molar-refractivity contribution < 1.29 is 39.6 Å². The summed E-state index contributed by atoms with van der Waals surface area (Å²) in [6.07, 6.45) is 0.618. The number of nitrogens with one attached hydrogen (secondary N) is 3. The number of imidazole rings is 1. The lowest BCUT2D eigenvalue weighted by atomic mass is 9.93. The van der Waals surface area contributed by atoms with Gasteiger partial charge in [-0.05, 0) is 48.4 Å². The molecule has 2 aromatic carbocycles. The summed E-state index contributed by atoms with van der Waals surface area (Å²) in [4.78, 5) is 25.9. The topological polar surface area (TPSA) is 152 Å². The lowest BCUT2D eigenvalue weighted by Gasteiger charge is -2.22. The normalized spacial score (nSPS) is 16.4. The second kappa shape index (κ2) is 14.2. The van der Waals surface area contributed by atoms with Gasteiger partial charge in [-0.1, -0.05) is 17.7 Å². The number of alkyl halides is 4. The number of hydrogen-bond donors (Lipinski definition) is 3. The smallest absolute Gasteiger partial charge is 0.282 e. The van der Waals surface area contributed by atoms with Gasteiger partial charge in [0.15, 0.2) is 5.82 Å². The number of carbonyl (C=O) groups is 1. The molecule has 6 aromatic rings. The van der Waals surface area contributed by atoms with Crippen LogP contribution in [0.25, 0.3) is 33.1 Å². The van der Waals surface area contributed by atoms with Gasteiger partial charge in [0.2, 0.25) is 15.9 Å². The standard InChI is InChI=1S/C34H30ClF6N9O3S/c1-49-32-19(3-4-21(35)28(32)34(47-49)48-54(2,52)53)27-29(42-12-23-30(27)44-14-43-23)22(7-15-5-17(38)9-18(39)6-15)45-25(51)13-50-24(11-37)26(20-8-16(20)10-36)31(46-50)33(40)41/h3-6,9,12,14,16,20,22,33H,7-8,10-11,13H2,1-2H3,(H,43,44)(H,45,51)(H,47,48)/t16-,20-,22?/m0/s1. The van der Waals surface area contributed by atoms with E-state index < -0.39 is 77.5 Å². The fraction of sp³-hybridized carbons (Fsp3) is 0.324. The number of aryl methyl sites for hydroxylation is 1. The molecule has 0 saturated heterocycles. The average Bonchev–Trinajstić information content (AvgIpc) is 3.36. The molecule has 1 amide bonds. The quantitative estimate of drug-likeness (QED) is 0.112. The molecule has 4 aromatic heterocycles. The molecule has 0 radical (unpaired) electrons. The van der Waals surface area contributed by atoms with Crippen molar-refractivity contribution in [2.75, 3.05) is 17.7 Å². The Hall–Kier alpha value is -5.17. The van der Waals surface area contributed by atoms with Crippen molar-refractivity contribution >= 4 is 55.3 Å². The number of amides is 1. The van der Waals surface area contributed by atoms with Crippen LogP contribution in [0, 0.1) is 17.6 Å². The molecule has 12 nitrogen and oxygen atoms in total. The van der Waals surface area contributed by atoms with Crippen molar-refractivity contribution in [3.05, 3.63) is 87.7 Å². The van der Waals surface area contributed by atoms with Crippen LogP contribution in [0.3, 0.4) is 0 Å². The molecule has 20 heteroatoms. The maximum absolute atomic E-state index is 14.5. The molecule has 3 atom stereocenters. The number of H-pyrrole nitrogens is 1. The zero-order chi connectivity index (χ0) is 38.6. The lowest BCUT2D eigenvalue weighted by Crippen LogP contribution is -2.34. The number of anilines is 1. The van der Waals surface area contributed by atoms with Crippen LogP contribution in [0.1, 0.15) is 53.0 Å². The van der Waals surface area contributed by atoms with E-state index in [9.17, 15) is 39.6 Å². The minimum atomic E-state index is -3.81. The molecule has 1 fully saturated rings. The van der Waals surface area contributed by atoms with Crippen molar-refractivity contribution in [1.82, 2.24) is 39.8 Å². The highest BCUT2D eigenvalue weighted by atomic mass is 35.5. The summed E-state index contributed by atoms with van der Waals surface area (Å²) in [5, 5.41) is 11.3. The van der Waals surface area contributed by atoms with Gasteiger partial charge >= 0.3 is 0 Å². The highest BCUT2D eigenvalue weighted by molar-refractivity contribution is 7.92. The van der Waals surface area contributed by atoms with E-state index in [4.69, 9.17) is 11.6 Å². The predicted octanol–water partition coefficient (Wildman–Crippen LogP) is 6.59. The summed E-state index contributed by atoms with van der Waals surface area (Å²) in [5.74, 6) is -3.94. The fourth-order valence-electron chi connectivity index (χ4n) is 6.97. The van der Waals surface area contributed by atoms with Gasteiger partial charge in [0.1, 0.15) is 30.5 Å². The summed E-state index contributed by atoms with van der Waals surface area (Å²) >= 11 is 6.59. The number of fused-ring (bicyclic) bond motifs is 2. The van der Waals surface area contributed by atoms with E-state index in [0.29, 0.717) is 33.7 Å². The van der Waals surface area contributed by atoms with Crippen LogP contribution in [-0.4, -0.2) is 61.8 Å². The van der Waals surface area contributed by atoms with E-state index in [2.05, 4.69) is 35.2 Å². The minimum Gasteiger partial charge on any atom is -0.346 e. The molecule has 284 valence electrons. The molecule has 0 aliphatic heterocycles. The highest BCUT2D eigenvalue weighted by Crippen LogP contribution is 2.51. The van der Waals surface area contributed by atoms with Crippen LogP contribution in [0.15, 0.2) is 42.9 Å². The van der Waals surface area contributed by atoms with Gasteiger partial charge < -0.3 is 10.3 Å². The maximum Gasteiger partial charge on any atom is 0.282 e. The summed E-state index contributed by atoms with van der Waals surface area (Å²) in [7, 11) is -2.26.